The van der Waals surface area contributed by atoms with Gasteiger partial charge in [-0.2, -0.15) is 10.5 Å². The smallest absolute Gasteiger partial charge is 0.216 e. The first kappa shape index (κ1) is 15.9. The zero-order valence-electron chi connectivity index (χ0n) is 12.8. The van der Waals surface area contributed by atoms with Gasteiger partial charge in [0.2, 0.25) is 5.82 Å². The number of nitrogens with zero attached hydrogens (tertiary/aromatic N) is 5. The van der Waals surface area contributed by atoms with Crippen LogP contribution in [-0.2, 0) is 0 Å². The normalized spacial score (nSPS) is 16.0. The summed E-state index contributed by atoms with van der Waals surface area (Å²) in [5.74, 6) is -0.302. The highest BCUT2D eigenvalue weighted by atomic mass is 19.1. The molecule has 0 aliphatic carbocycles. The van der Waals surface area contributed by atoms with Gasteiger partial charge in [0.1, 0.15) is 17.5 Å². The minimum atomic E-state index is -0.430. The quantitative estimate of drug-likeness (QED) is 0.724. The number of para-hydroxylation sites is 1. The number of hydrogen-bond acceptors (Lipinski definition) is 7. The summed E-state index contributed by atoms with van der Waals surface area (Å²) < 4.78 is 14.3. The molecule has 1 aromatic carbocycles. The number of aromatic nitrogens is 4. The van der Waals surface area contributed by atoms with Crippen LogP contribution >= 0.6 is 0 Å². The number of tetrazole rings is 1. The molecule has 3 rings (SSSR count). The number of piperidine rings is 1. The van der Waals surface area contributed by atoms with Gasteiger partial charge < -0.3 is 15.3 Å². The fraction of sp³-hybridized carbons (Fsp3) is 0.333. The zero-order valence-corrected chi connectivity index (χ0v) is 12.8. The molecule has 2 aromatic rings. The fourth-order valence-corrected chi connectivity index (χ4v) is 2.59. The molecule has 0 saturated carbocycles. The topological polar surface area (TPSA) is 114 Å². The van der Waals surface area contributed by atoms with Crippen molar-refractivity contribution in [3.05, 3.63) is 36.0 Å². The lowest BCUT2D eigenvalue weighted by molar-refractivity contribution is 0.145. The summed E-state index contributed by atoms with van der Waals surface area (Å²) in [6.45, 7) is 1.28. The zero-order chi connectivity index (χ0) is 16.9. The van der Waals surface area contributed by atoms with Crippen molar-refractivity contribution in [2.75, 3.05) is 23.3 Å². The van der Waals surface area contributed by atoms with Crippen molar-refractivity contribution in [3.63, 3.8) is 0 Å². The van der Waals surface area contributed by atoms with Crippen LogP contribution in [0.15, 0.2) is 24.4 Å². The summed E-state index contributed by atoms with van der Waals surface area (Å²) in [4.78, 5) is 2.01. The number of nitrogens with one attached hydrogen (secondary N) is 2. The van der Waals surface area contributed by atoms with E-state index in [9.17, 15) is 14.8 Å². The van der Waals surface area contributed by atoms with Gasteiger partial charge >= 0.3 is 0 Å². The molecule has 124 valence electrons. The Hall–Kier alpha value is -2.99. The third kappa shape index (κ3) is 3.33. The number of hydrogen-bond donors (Lipinski definition) is 3. The Morgan fingerprint density at radius 1 is 1.46 bits per heavy atom. The molecule has 1 aliphatic heterocycles. The second kappa shape index (κ2) is 7.06. The number of aliphatic hydroxyl groups excluding tert-OH is 1. The average molecular weight is 329 g/mol. The highest BCUT2D eigenvalue weighted by Gasteiger charge is 2.20. The molecular formula is C15H16FN7O. The average Bonchev–Trinajstić information content (AvgIpc) is 3.12. The number of nitriles is 1. The van der Waals surface area contributed by atoms with Crippen LogP contribution in [0.3, 0.4) is 0 Å². The van der Waals surface area contributed by atoms with Gasteiger partial charge in [-0.1, -0.05) is 6.07 Å². The van der Waals surface area contributed by atoms with Crippen LogP contribution in [0.2, 0.25) is 0 Å². The molecule has 1 aromatic heterocycles. The summed E-state index contributed by atoms with van der Waals surface area (Å²) >= 11 is 0. The van der Waals surface area contributed by atoms with Crippen molar-refractivity contribution < 1.29 is 9.50 Å². The molecule has 0 radical (unpaired) electrons. The van der Waals surface area contributed by atoms with E-state index in [2.05, 4.69) is 25.9 Å². The van der Waals surface area contributed by atoms with Crippen LogP contribution in [0.5, 0.6) is 0 Å². The van der Waals surface area contributed by atoms with E-state index >= 15 is 0 Å². The van der Waals surface area contributed by atoms with E-state index in [0.29, 0.717) is 31.6 Å². The first-order chi connectivity index (χ1) is 11.7. The second-order valence-electron chi connectivity index (χ2n) is 5.40. The molecule has 1 fully saturated rings. The molecule has 0 bridgehead atoms. The number of allylic oxidation sites excluding steroid dienone is 1. The van der Waals surface area contributed by atoms with E-state index in [1.807, 2.05) is 11.0 Å². The number of halogens is 1. The summed E-state index contributed by atoms with van der Waals surface area (Å²) in [7, 11) is 0. The number of aromatic amines is 1. The first-order valence-corrected chi connectivity index (χ1v) is 7.51. The largest absolute Gasteiger partial charge is 0.393 e. The number of anilines is 2. The van der Waals surface area contributed by atoms with E-state index < -0.39 is 5.82 Å². The Balaban J connectivity index is 1.86. The van der Waals surface area contributed by atoms with Gasteiger partial charge in [0.15, 0.2) is 0 Å². The fourth-order valence-electron chi connectivity index (χ4n) is 2.59. The van der Waals surface area contributed by atoms with Crippen molar-refractivity contribution in [3.8, 4) is 6.07 Å². The van der Waals surface area contributed by atoms with Crippen molar-refractivity contribution >= 4 is 16.9 Å². The second-order valence-corrected chi connectivity index (χ2v) is 5.40. The molecule has 0 unspecified atom stereocenters. The SMILES string of the molecule is N#CC(=CNc1c(F)cccc1N1CCC(O)CC1)c1nn[nH]n1. The predicted octanol–water partition coefficient (Wildman–Crippen LogP) is 1.28. The summed E-state index contributed by atoms with van der Waals surface area (Å²) in [6.07, 6.45) is 2.32. The van der Waals surface area contributed by atoms with Crippen LogP contribution in [0.25, 0.3) is 5.57 Å². The van der Waals surface area contributed by atoms with Gasteiger partial charge in [0.05, 0.1) is 17.5 Å². The maximum Gasteiger partial charge on any atom is 0.216 e. The standard InChI is InChI=1S/C15H16FN7O/c16-12-2-1-3-13(23-6-4-11(24)5-7-23)14(12)18-9-10(8-17)15-19-21-22-20-15/h1-3,9,11,18,24H,4-7H2,(H,19,20,21,22). The van der Waals surface area contributed by atoms with Crippen LogP contribution in [0, 0.1) is 17.1 Å². The van der Waals surface area contributed by atoms with Gasteiger partial charge in [-0.3, -0.25) is 0 Å². The van der Waals surface area contributed by atoms with E-state index in [1.54, 1.807) is 12.1 Å². The van der Waals surface area contributed by atoms with Crippen LogP contribution in [-0.4, -0.2) is 44.9 Å². The monoisotopic (exact) mass is 329 g/mol. The maximum absolute atomic E-state index is 14.3. The first-order valence-electron chi connectivity index (χ1n) is 7.51. The predicted molar refractivity (Wildman–Crippen MR) is 85.2 cm³/mol. The number of H-pyrrole nitrogens is 1. The lowest BCUT2D eigenvalue weighted by Gasteiger charge is -2.32. The number of benzene rings is 1. The molecule has 1 saturated heterocycles. The van der Waals surface area contributed by atoms with Crippen molar-refractivity contribution in [1.82, 2.24) is 20.6 Å². The summed E-state index contributed by atoms with van der Waals surface area (Å²) in [5.41, 5.74) is 1.08. The lowest BCUT2D eigenvalue weighted by Crippen LogP contribution is -2.36. The Bertz CT molecular complexity index is 761. The van der Waals surface area contributed by atoms with Crippen molar-refractivity contribution in [2.45, 2.75) is 18.9 Å². The van der Waals surface area contributed by atoms with E-state index in [1.165, 1.54) is 12.3 Å². The van der Waals surface area contributed by atoms with E-state index in [-0.39, 0.29) is 23.2 Å². The number of aliphatic hydroxyl groups is 1. The van der Waals surface area contributed by atoms with E-state index in [4.69, 9.17) is 0 Å². The molecular weight excluding hydrogens is 313 g/mol. The van der Waals surface area contributed by atoms with Crippen molar-refractivity contribution in [1.29, 1.82) is 5.26 Å². The molecule has 0 spiro atoms. The van der Waals surface area contributed by atoms with Crippen molar-refractivity contribution in [2.24, 2.45) is 0 Å². The summed E-state index contributed by atoms with van der Waals surface area (Å²) in [6, 6.07) is 6.73. The number of rotatable bonds is 4. The molecule has 3 N–H and O–H groups in total. The summed E-state index contributed by atoms with van der Waals surface area (Å²) in [5, 5.41) is 34.8. The van der Waals surface area contributed by atoms with Gasteiger partial charge in [0, 0.05) is 19.3 Å². The molecule has 0 atom stereocenters. The minimum Gasteiger partial charge on any atom is -0.393 e. The lowest BCUT2D eigenvalue weighted by atomic mass is 10.1. The molecule has 9 heteroatoms. The maximum atomic E-state index is 14.3. The Morgan fingerprint density at radius 3 is 2.92 bits per heavy atom. The molecule has 2 heterocycles. The third-order valence-electron chi connectivity index (χ3n) is 3.86. The Kier molecular flexibility index (Phi) is 4.67. The van der Waals surface area contributed by atoms with Gasteiger partial charge in [-0.05, 0) is 30.2 Å². The van der Waals surface area contributed by atoms with Gasteiger partial charge in [-0.25, -0.2) is 4.39 Å². The van der Waals surface area contributed by atoms with Gasteiger partial charge in [-0.15, -0.1) is 10.2 Å². The van der Waals surface area contributed by atoms with E-state index in [0.717, 1.165) is 0 Å². The van der Waals surface area contributed by atoms with Crippen LogP contribution in [0.4, 0.5) is 15.8 Å². The van der Waals surface area contributed by atoms with Crippen LogP contribution < -0.4 is 10.2 Å². The van der Waals surface area contributed by atoms with Gasteiger partial charge in [0.25, 0.3) is 0 Å². The molecule has 1 aliphatic rings. The molecule has 24 heavy (non-hydrogen) atoms. The Morgan fingerprint density at radius 2 is 2.25 bits per heavy atom. The minimum absolute atomic E-state index is 0.129. The Labute approximate surface area is 137 Å². The molecule has 8 nitrogen and oxygen atoms in total. The third-order valence-corrected chi connectivity index (χ3v) is 3.86. The molecule has 0 amide bonds. The van der Waals surface area contributed by atoms with Crippen LogP contribution in [0.1, 0.15) is 18.7 Å². The highest BCUT2D eigenvalue weighted by Crippen LogP contribution is 2.31. The highest BCUT2D eigenvalue weighted by molar-refractivity contribution is 5.78.